The molecule has 152 valence electrons. The van der Waals surface area contributed by atoms with Gasteiger partial charge in [-0.25, -0.2) is 4.39 Å². The number of nitrogens with zero attached hydrogens (tertiary/aromatic N) is 2. The third-order valence-corrected chi connectivity index (χ3v) is 4.26. The van der Waals surface area contributed by atoms with Crippen LogP contribution in [0.25, 0.3) is 0 Å². The van der Waals surface area contributed by atoms with E-state index in [-0.39, 0.29) is 43.2 Å². The van der Waals surface area contributed by atoms with E-state index in [0.29, 0.717) is 18.9 Å². The number of carbonyl (C=O) groups is 2. The van der Waals surface area contributed by atoms with E-state index in [4.69, 9.17) is 9.15 Å². The van der Waals surface area contributed by atoms with Crippen LogP contribution in [0.15, 0.2) is 47.1 Å². The lowest BCUT2D eigenvalue weighted by atomic mass is 10.1. The Balaban J connectivity index is 2.15. The van der Waals surface area contributed by atoms with Crippen LogP contribution in [0.5, 0.6) is 0 Å². The molecule has 0 unspecified atom stereocenters. The zero-order valence-electron chi connectivity index (χ0n) is 16.6. The van der Waals surface area contributed by atoms with Gasteiger partial charge >= 0.3 is 0 Å². The molecule has 1 aromatic carbocycles. The molecule has 0 saturated carbocycles. The molecule has 0 bridgehead atoms. The molecule has 0 atom stereocenters. The molecule has 0 N–H and O–H groups in total. The number of carbonyl (C=O) groups excluding carboxylic acids is 2. The minimum absolute atomic E-state index is 0.0533. The van der Waals surface area contributed by atoms with Gasteiger partial charge in [-0.3, -0.25) is 9.59 Å². The van der Waals surface area contributed by atoms with Gasteiger partial charge in [-0.05, 0) is 29.8 Å². The minimum Gasteiger partial charge on any atom is -0.467 e. The van der Waals surface area contributed by atoms with Gasteiger partial charge in [0.1, 0.15) is 11.6 Å². The van der Waals surface area contributed by atoms with Gasteiger partial charge in [0.05, 0.1) is 26.0 Å². The van der Waals surface area contributed by atoms with Crippen LogP contribution in [0.2, 0.25) is 0 Å². The summed E-state index contributed by atoms with van der Waals surface area (Å²) < 4.78 is 23.6. The van der Waals surface area contributed by atoms with E-state index in [9.17, 15) is 14.0 Å². The third kappa shape index (κ3) is 6.49. The maximum Gasteiger partial charge on any atom is 0.242 e. The lowest BCUT2D eigenvalue weighted by Gasteiger charge is -2.28. The highest BCUT2D eigenvalue weighted by atomic mass is 19.1. The number of rotatable bonds is 10. The molecule has 2 amide bonds. The number of methoxy groups -OCH3 is 1. The predicted octanol–water partition coefficient (Wildman–Crippen LogP) is 3.08. The summed E-state index contributed by atoms with van der Waals surface area (Å²) in [5, 5.41) is 0. The van der Waals surface area contributed by atoms with Crippen LogP contribution < -0.4 is 0 Å². The van der Waals surface area contributed by atoms with Crippen LogP contribution in [0.3, 0.4) is 0 Å². The number of halogens is 1. The van der Waals surface area contributed by atoms with Crippen molar-refractivity contribution in [2.45, 2.75) is 26.9 Å². The highest BCUT2D eigenvalue weighted by Crippen LogP contribution is 2.13. The Kier molecular flexibility index (Phi) is 8.19. The first kappa shape index (κ1) is 21.6. The quantitative estimate of drug-likeness (QED) is 0.625. The number of hydrogen-bond donors (Lipinski definition) is 0. The van der Waals surface area contributed by atoms with Crippen LogP contribution in [0.1, 0.15) is 25.2 Å². The molecule has 1 aromatic heterocycles. The lowest BCUT2D eigenvalue weighted by Crippen LogP contribution is -2.45. The summed E-state index contributed by atoms with van der Waals surface area (Å²) >= 11 is 0. The molecule has 0 aliphatic carbocycles. The van der Waals surface area contributed by atoms with E-state index < -0.39 is 0 Å². The van der Waals surface area contributed by atoms with Crippen molar-refractivity contribution < 1.29 is 23.1 Å². The van der Waals surface area contributed by atoms with Crippen LogP contribution in [-0.2, 0) is 27.4 Å². The standard InChI is InChI=1S/C21H27FN2O4/c1-16(2)21(26)23(10-12-27-3)15-20(25)24(14-19-5-4-11-28-19)13-17-6-8-18(22)9-7-17/h4-9,11,16H,10,12-15H2,1-3H3. The number of amides is 2. The number of benzene rings is 1. The van der Waals surface area contributed by atoms with Crippen LogP contribution in [0, 0.1) is 11.7 Å². The van der Waals surface area contributed by atoms with Crippen LogP contribution in [-0.4, -0.2) is 48.4 Å². The highest BCUT2D eigenvalue weighted by molar-refractivity contribution is 5.85. The zero-order valence-corrected chi connectivity index (χ0v) is 16.6. The van der Waals surface area contributed by atoms with Gasteiger partial charge in [0.2, 0.25) is 11.8 Å². The number of ether oxygens (including phenoxy) is 1. The molecule has 28 heavy (non-hydrogen) atoms. The molecule has 7 heteroatoms. The Hall–Kier alpha value is -2.67. The van der Waals surface area contributed by atoms with Crippen molar-refractivity contribution in [3.05, 3.63) is 59.8 Å². The van der Waals surface area contributed by atoms with Gasteiger partial charge in [-0.15, -0.1) is 0 Å². The summed E-state index contributed by atoms with van der Waals surface area (Å²) in [6, 6.07) is 9.53. The van der Waals surface area contributed by atoms with Crippen molar-refractivity contribution in [3.63, 3.8) is 0 Å². The lowest BCUT2D eigenvalue weighted by molar-refractivity contribution is -0.143. The van der Waals surface area contributed by atoms with E-state index in [1.54, 1.807) is 56.4 Å². The topological polar surface area (TPSA) is 63.0 Å². The van der Waals surface area contributed by atoms with Gasteiger partial charge < -0.3 is 19.0 Å². The summed E-state index contributed by atoms with van der Waals surface area (Å²) in [7, 11) is 1.55. The first-order chi connectivity index (χ1) is 13.4. The molecule has 0 spiro atoms. The van der Waals surface area contributed by atoms with E-state index in [0.717, 1.165) is 5.56 Å². The van der Waals surface area contributed by atoms with Crippen molar-refractivity contribution in [3.8, 4) is 0 Å². The summed E-state index contributed by atoms with van der Waals surface area (Å²) in [5.74, 6) is -0.244. The molecular weight excluding hydrogens is 363 g/mol. The Morgan fingerprint density at radius 1 is 1.11 bits per heavy atom. The fourth-order valence-electron chi connectivity index (χ4n) is 2.73. The van der Waals surface area contributed by atoms with E-state index in [1.807, 2.05) is 0 Å². The maximum absolute atomic E-state index is 13.2. The summed E-state index contributed by atoms with van der Waals surface area (Å²) in [5.41, 5.74) is 0.792. The second-order valence-corrected chi connectivity index (χ2v) is 6.86. The van der Waals surface area contributed by atoms with Crippen LogP contribution >= 0.6 is 0 Å². The van der Waals surface area contributed by atoms with Crippen LogP contribution in [0.4, 0.5) is 4.39 Å². The first-order valence-corrected chi connectivity index (χ1v) is 9.23. The molecule has 0 fully saturated rings. The first-order valence-electron chi connectivity index (χ1n) is 9.23. The largest absolute Gasteiger partial charge is 0.467 e. The van der Waals surface area contributed by atoms with Gasteiger partial charge in [-0.2, -0.15) is 0 Å². The average Bonchev–Trinajstić information content (AvgIpc) is 3.18. The smallest absolute Gasteiger partial charge is 0.242 e. The van der Waals surface area contributed by atoms with Crippen molar-refractivity contribution >= 4 is 11.8 Å². The molecule has 2 rings (SSSR count). The zero-order chi connectivity index (χ0) is 20.5. The average molecular weight is 390 g/mol. The van der Waals surface area contributed by atoms with E-state index >= 15 is 0 Å². The van der Waals surface area contributed by atoms with Gasteiger partial charge in [0.25, 0.3) is 0 Å². The van der Waals surface area contributed by atoms with Gasteiger partial charge in [0.15, 0.2) is 0 Å². The molecule has 1 heterocycles. The Morgan fingerprint density at radius 3 is 2.39 bits per heavy atom. The SMILES string of the molecule is COCCN(CC(=O)N(Cc1ccc(F)cc1)Cc1ccco1)C(=O)C(C)C. The van der Waals surface area contributed by atoms with E-state index in [2.05, 4.69) is 0 Å². The second-order valence-electron chi connectivity index (χ2n) is 6.86. The summed E-state index contributed by atoms with van der Waals surface area (Å²) in [6.07, 6.45) is 1.54. The maximum atomic E-state index is 13.2. The molecule has 0 radical (unpaired) electrons. The van der Waals surface area contributed by atoms with Crippen molar-refractivity contribution in [1.29, 1.82) is 0 Å². The fraction of sp³-hybridized carbons (Fsp3) is 0.429. The molecule has 0 aliphatic rings. The van der Waals surface area contributed by atoms with E-state index in [1.165, 1.54) is 17.0 Å². The molecule has 0 saturated heterocycles. The number of hydrogen-bond acceptors (Lipinski definition) is 4. The Bertz CT molecular complexity index is 744. The van der Waals surface area contributed by atoms with Gasteiger partial charge in [-0.1, -0.05) is 26.0 Å². The number of furan rings is 1. The molecular formula is C21H27FN2O4. The fourth-order valence-corrected chi connectivity index (χ4v) is 2.73. The Morgan fingerprint density at radius 2 is 1.82 bits per heavy atom. The summed E-state index contributed by atoms with van der Waals surface area (Å²) in [4.78, 5) is 28.6. The second kappa shape index (κ2) is 10.6. The highest BCUT2D eigenvalue weighted by Gasteiger charge is 2.23. The van der Waals surface area contributed by atoms with Gasteiger partial charge in [0, 0.05) is 26.1 Å². The predicted molar refractivity (Wildman–Crippen MR) is 103 cm³/mol. The molecule has 6 nitrogen and oxygen atoms in total. The molecule has 0 aliphatic heterocycles. The Labute approximate surface area is 164 Å². The van der Waals surface area contributed by atoms with Crippen molar-refractivity contribution in [1.82, 2.24) is 9.80 Å². The van der Waals surface area contributed by atoms with Crippen molar-refractivity contribution in [2.24, 2.45) is 5.92 Å². The van der Waals surface area contributed by atoms with Crippen molar-refractivity contribution in [2.75, 3.05) is 26.8 Å². The minimum atomic E-state index is -0.332. The normalized spacial score (nSPS) is 10.9. The monoisotopic (exact) mass is 390 g/mol. The molecule has 2 aromatic rings. The summed E-state index contributed by atoms with van der Waals surface area (Å²) in [6.45, 7) is 4.77. The third-order valence-electron chi connectivity index (χ3n) is 4.26.